The summed E-state index contributed by atoms with van der Waals surface area (Å²) in [4.78, 5) is 12.4. The van der Waals surface area contributed by atoms with E-state index in [0.717, 1.165) is 34.2 Å². The minimum Gasteiger partial charge on any atom is -0.487 e. The van der Waals surface area contributed by atoms with Crippen molar-refractivity contribution in [2.75, 3.05) is 18.2 Å². The van der Waals surface area contributed by atoms with Crippen LogP contribution in [0.4, 0.5) is 5.69 Å². The molecule has 1 amide bonds. The molecule has 2 aromatic rings. The van der Waals surface area contributed by atoms with Crippen LogP contribution in [-0.2, 0) is 36.9 Å². The third-order valence-corrected chi connectivity index (χ3v) is 5.19. The van der Waals surface area contributed by atoms with Crippen molar-refractivity contribution in [3.05, 3.63) is 64.7 Å². The predicted molar refractivity (Wildman–Crippen MR) is 102 cm³/mol. The molecular formula is C20H19NO5S. The molecule has 0 aliphatic carbocycles. The first-order chi connectivity index (χ1) is 12.9. The third-order valence-electron chi connectivity index (χ3n) is 4.59. The van der Waals surface area contributed by atoms with Gasteiger partial charge in [0.15, 0.2) is 0 Å². The highest BCUT2D eigenvalue weighted by molar-refractivity contribution is 7.85. The molecule has 0 aromatic heterocycles. The van der Waals surface area contributed by atoms with E-state index in [0.29, 0.717) is 30.8 Å². The van der Waals surface area contributed by atoms with E-state index in [1.807, 2.05) is 42.5 Å². The maximum absolute atomic E-state index is 12.4. The molecule has 7 heteroatoms. The number of hydrogen-bond donors (Lipinski definition) is 1. The van der Waals surface area contributed by atoms with Crippen molar-refractivity contribution in [3.8, 4) is 0 Å². The standard InChI is InChI=1S/C20H19NO5S/c1-27(23,24)26-10-4-5-13-8-9-15-14(11-13)12-25-19(15)18-16-6-2-3-7-17(16)21-20(18)22/h2-3,6-9,11H,4-5,10,12H2,1H3,(H,21,22). The van der Waals surface area contributed by atoms with Crippen molar-refractivity contribution >= 4 is 33.0 Å². The summed E-state index contributed by atoms with van der Waals surface area (Å²) >= 11 is 0. The second-order valence-corrected chi connectivity index (χ2v) is 8.26. The minimum absolute atomic E-state index is 0.152. The number of benzene rings is 2. The Balaban J connectivity index is 1.56. The van der Waals surface area contributed by atoms with Crippen LogP contribution in [0.2, 0.25) is 0 Å². The number of nitrogens with one attached hydrogen (secondary N) is 1. The van der Waals surface area contributed by atoms with Crippen LogP contribution in [0.3, 0.4) is 0 Å². The number of rotatable bonds is 5. The van der Waals surface area contributed by atoms with Crippen molar-refractivity contribution in [2.45, 2.75) is 19.4 Å². The van der Waals surface area contributed by atoms with Crippen LogP contribution in [-0.4, -0.2) is 27.2 Å². The van der Waals surface area contributed by atoms with Crippen LogP contribution >= 0.6 is 0 Å². The van der Waals surface area contributed by atoms with Crippen molar-refractivity contribution < 1.29 is 22.1 Å². The fraction of sp³-hybridized carbons (Fsp3) is 0.250. The van der Waals surface area contributed by atoms with Gasteiger partial charge in [-0.15, -0.1) is 0 Å². The van der Waals surface area contributed by atoms with Gasteiger partial charge < -0.3 is 10.1 Å². The second-order valence-electron chi connectivity index (χ2n) is 6.61. The van der Waals surface area contributed by atoms with Crippen molar-refractivity contribution in [2.24, 2.45) is 0 Å². The minimum atomic E-state index is -3.40. The number of ether oxygens (including phenoxy) is 1. The first-order valence-electron chi connectivity index (χ1n) is 8.67. The summed E-state index contributed by atoms with van der Waals surface area (Å²) in [5, 5.41) is 2.87. The number of amides is 1. The number of aryl methyl sites for hydroxylation is 1. The normalized spacial score (nSPS) is 18.0. The van der Waals surface area contributed by atoms with Crippen LogP contribution in [0.25, 0.3) is 11.3 Å². The summed E-state index contributed by atoms with van der Waals surface area (Å²) in [6, 6.07) is 13.6. The quantitative estimate of drug-likeness (QED) is 0.486. The summed E-state index contributed by atoms with van der Waals surface area (Å²) in [6.45, 7) is 0.579. The molecule has 2 aromatic carbocycles. The maximum Gasteiger partial charge on any atom is 0.264 e. The lowest BCUT2D eigenvalue weighted by Gasteiger charge is -2.06. The molecule has 4 rings (SSSR count). The lowest BCUT2D eigenvalue weighted by Crippen LogP contribution is -2.05. The molecule has 2 aliphatic heterocycles. The lowest BCUT2D eigenvalue weighted by atomic mass is 9.98. The molecule has 0 unspecified atom stereocenters. The average molecular weight is 385 g/mol. The maximum atomic E-state index is 12.4. The van der Waals surface area contributed by atoms with Gasteiger partial charge in [-0.2, -0.15) is 8.42 Å². The van der Waals surface area contributed by atoms with E-state index in [9.17, 15) is 13.2 Å². The smallest absolute Gasteiger partial charge is 0.264 e. The fourth-order valence-corrected chi connectivity index (χ4v) is 3.83. The number of fused-ring (bicyclic) bond motifs is 2. The van der Waals surface area contributed by atoms with Crippen molar-refractivity contribution in [1.29, 1.82) is 0 Å². The number of carbonyl (C=O) groups is 1. The Labute approximate surface area is 157 Å². The van der Waals surface area contributed by atoms with Gasteiger partial charge in [0.05, 0.1) is 18.4 Å². The summed E-state index contributed by atoms with van der Waals surface area (Å²) in [6.07, 6.45) is 2.36. The van der Waals surface area contributed by atoms with Gasteiger partial charge in [0.25, 0.3) is 16.0 Å². The van der Waals surface area contributed by atoms with Gasteiger partial charge >= 0.3 is 0 Å². The Morgan fingerprint density at radius 3 is 2.78 bits per heavy atom. The molecular weight excluding hydrogens is 366 g/mol. The molecule has 27 heavy (non-hydrogen) atoms. The molecule has 0 bridgehead atoms. The Kier molecular flexibility index (Phi) is 4.49. The zero-order valence-electron chi connectivity index (χ0n) is 14.8. The molecule has 2 aliphatic rings. The summed E-state index contributed by atoms with van der Waals surface area (Å²) in [5.74, 6) is 0.459. The fourth-order valence-electron chi connectivity index (χ4n) is 3.41. The Bertz CT molecular complexity index is 1060. The molecule has 0 saturated heterocycles. The van der Waals surface area contributed by atoms with Crippen molar-refractivity contribution in [3.63, 3.8) is 0 Å². The number of carbonyl (C=O) groups excluding carboxylic acids is 1. The highest BCUT2D eigenvalue weighted by Gasteiger charge is 2.32. The molecule has 1 N–H and O–H groups in total. The SMILES string of the molecule is CS(=O)(=O)OCCCc1ccc2c(c1)COC2=C1C(=O)Nc2ccccc21. The van der Waals surface area contributed by atoms with Crippen LogP contribution < -0.4 is 5.32 Å². The van der Waals surface area contributed by atoms with Gasteiger partial charge in [-0.05, 0) is 24.5 Å². The highest BCUT2D eigenvalue weighted by atomic mass is 32.2. The Hall–Kier alpha value is -2.64. The van der Waals surface area contributed by atoms with Gasteiger partial charge in [-0.25, -0.2) is 0 Å². The van der Waals surface area contributed by atoms with Gasteiger partial charge in [-0.3, -0.25) is 8.98 Å². The third kappa shape index (κ3) is 3.61. The van der Waals surface area contributed by atoms with E-state index >= 15 is 0 Å². The molecule has 0 atom stereocenters. The molecule has 0 spiro atoms. The monoisotopic (exact) mass is 385 g/mol. The number of anilines is 1. The second kappa shape index (κ2) is 6.83. The van der Waals surface area contributed by atoms with Crippen LogP contribution in [0.15, 0.2) is 42.5 Å². The number of hydrogen-bond acceptors (Lipinski definition) is 5. The molecule has 0 fully saturated rings. The van der Waals surface area contributed by atoms with Crippen LogP contribution in [0.1, 0.15) is 28.7 Å². The molecule has 2 heterocycles. The van der Waals surface area contributed by atoms with Gasteiger partial charge in [0.1, 0.15) is 12.4 Å². The van der Waals surface area contributed by atoms with E-state index in [2.05, 4.69) is 5.32 Å². The molecule has 6 nitrogen and oxygen atoms in total. The average Bonchev–Trinajstić information content (AvgIpc) is 3.17. The molecule has 140 valence electrons. The van der Waals surface area contributed by atoms with Gasteiger partial charge in [-0.1, -0.05) is 36.4 Å². The largest absolute Gasteiger partial charge is 0.487 e. The van der Waals surface area contributed by atoms with Crippen molar-refractivity contribution in [1.82, 2.24) is 0 Å². The molecule has 0 saturated carbocycles. The zero-order valence-corrected chi connectivity index (χ0v) is 15.6. The van der Waals surface area contributed by atoms with E-state index in [-0.39, 0.29) is 12.5 Å². The first kappa shape index (κ1) is 17.8. The Morgan fingerprint density at radius 1 is 1.15 bits per heavy atom. The summed E-state index contributed by atoms with van der Waals surface area (Å²) < 4.78 is 32.6. The Morgan fingerprint density at radius 2 is 1.96 bits per heavy atom. The highest BCUT2D eigenvalue weighted by Crippen LogP contribution is 2.41. The zero-order chi connectivity index (χ0) is 19.0. The van der Waals surface area contributed by atoms with Crippen LogP contribution in [0.5, 0.6) is 0 Å². The lowest BCUT2D eigenvalue weighted by molar-refractivity contribution is -0.110. The van der Waals surface area contributed by atoms with E-state index in [1.165, 1.54) is 0 Å². The van der Waals surface area contributed by atoms with E-state index in [1.54, 1.807) is 0 Å². The van der Waals surface area contributed by atoms with E-state index < -0.39 is 10.1 Å². The summed E-state index contributed by atoms with van der Waals surface area (Å²) in [5.41, 5.74) is 5.25. The number of para-hydroxylation sites is 1. The van der Waals surface area contributed by atoms with Crippen LogP contribution in [0, 0.1) is 0 Å². The molecule has 0 radical (unpaired) electrons. The van der Waals surface area contributed by atoms with Gasteiger partial charge in [0.2, 0.25) is 0 Å². The predicted octanol–water partition coefficient (Wildman–Crippen LogP) is 2.95. The first-order valence-corrected chi connectivity index (χ1v) is 10.5. The summed E-state index contributed by atoms with van der Waals surface area (Å²) in [7, 11) is -3.40. The topological polar surface area (TPSA) is 81.7 Å². The van der Waals surface area contributed by atoms with E-state index in [4.69, 9.17) is 8.92 Å². The van der Waals surface area contributed by atoms with Gasteiger partial charge in [0, 0.05) is 22.4 Å².